The van der Waals surface area contributed by atoms with Crippen LogP contribution in [-0.4, -0.2) is 23.3 Å². The molecule has 1 N–H and O–H groups in total. The molecule has 0 unspecified atom stereocenters. The number of carbonyl (C=O) groups excluding carboxylic acids is 2. The van der Waals surface area contributed by atoms with E-state index in [4.69, 9.17) is 4.42 Å². The molecule has 3 aromatic carbocycles. The Hall–Kier alpha value is -4.09. The summed E-state index contributed by atoms with van der Waals surface area (Å²) in [6.45, 7) is 1.90. The Labute approximate surface area is 192 Å². The molecule has 162 valence electrons. The molecule has 0 radical (unpaired) electrons. The second kappa shape index (κ2) is 8.45. The van der Waals surface area contributed by atoms with Crippen molar-refractivity contribution in [1.82, 2.24) is 4.98 Å². The lowest BCUT2D eigenvalue weighted by Gasteiger charge is -2.21. The molecular formula is C25H16FN3O3S. The quantitative estimate of drug-likeness (QED) is 0.420. The molecule has 0 saturated heterocycles. The minimum Gasteiger partial charge on any atom is -0.443 e. The van der Waals surface area contributed by atoms with Gasteiger partial charge in [-0.05, 0) is 61.5 Å². The summed E-state index contributed by atoms with van der Waals surface area (Å²) in [4.78, 5) is 32.8. The molecule has 2 amide bonds. The average molecular weight is 457 g/mol. The topological polar surface area (TPSA) is 75.4 Å². The number of halogens is 1. The van der Waals surface area contributed by atoms with Gasteiger partial charge in [0.1, 0.15) is 11.3 Å². The second-order valence-corrected chi connectivity index (χ2v) is 8.32. The van der Waals surface area contributed by atoms with E-state index in [1.54, 1.807) is 48.2 Å². The third kappa shape index (κ3) is 3.95. The van der Waals surface area contributed by atoms with Crippen LogP contribution in [-0.2, 0) is 0 Å². The molecule has 4 aromatic rings. The Morgan fingerprint density at radius 2 is 2.03 bits per heavy atom. The number of amides is 2. The molecule has 0 spiro atoms. The fourth-order valence-electron chi connectivity index (χ4n) is 3.54. The van der Waals surface area contributed by atoms with Crippen LogP contribution in [0.15, 0.2) is 75.2 Å². The Morgan fingerprint density at radius 3 is 2.88 bits per heavy atom. The van der Waals surface area contributed by atoms with E-state index in [2.05, 4.69) is 22.1 Å². The summed E-state index contributed by atoms with van der Waals surface area (Å²) in [7, 11) is 0. The first-order chi connectivity index (χ1) is 16.0. The molecule has 2 heterocycles. The van der Waals surface area contributed by atoms with Crippen LogP contribution in [0.5, 0.6) is 0 Å². The Bertz CT molecular complexity index is 1490. The van der Waals surface area contributed by atoms with E-state index in [1.165, 1.54) is 36.4 Å². The van der Waals surface area contributed by atoms with Gasteiger partial charge in [0, 0.05) is 21.0 Å². The fraction of sp³-hybridized carbons (Fsp3) is 0.0800. The molecule has 5 rings (SSSR count). The Kier molecular flexibility index (Phi) is 5.32. The summed E-state index contributed by atoms with van der Waals surface area (Å²) in [6.07, 6.45) is 1.33. The number of oxazole rings is 1. The lowest BCUT2D eigenvalue weighted by Crippen LogP contribution is -2.31. The minimum absolute atomic E-state index is 0.198. The molecule has 0 fully saturated rings. The summed E-state index contributed by atoms with van der Waals surface area (Å²) >= 11 is 1.27. The van der Waals surface area contributed by atoms with Crippen LogP contribution in [0.3, 0.4) is 0 Å². The van der Waals surface area contributed by atoms with Gasteiger partial charge in [-0.15, -0.1) is 5.92 Å². The van der Waals surface area contributed by atoms with E-state index in [0.29, 0.717) is 43.4 Å². The van der Waals surface area contributed by atoms with Gasteiger partial charge in [-0.1, -0.05) is 17.7 Å². The average Bonchev–Trinajstić information content (AvgIpc) is 3.24. The number of anilines is 2. The number of aromatic nitrogens is 1. The van der Waals surface area contributed by atoms with Gasteiger partial charge in [-0.25, -0.2) is 9.37 Å². The summed E-state index contributed by atoms with van der Waals surface area (Å²) in [5.41, 5.74) is 3.21. The molecule has 0 bridgehead atoms. The van der Waals surface area contributed by atoms with Gasteiger partial charge in [-0.2, -0.15) is 0 Å². The smallest absolute Gasteiger partial charge is 0.260 e. The number of hydrogen-bond acceptors (Lipinski definition) is 5. The van der Waals surface area contributed by atoms with Gasteiger partial charge in [0.15, 0.2) is 12.0 Å². The van der Waals surface area contributed by atoms with E-state index in [1.807, 2.05) is 0 Å². The third-order valence-electron chi connectivity index (χ3n) is 5.15. The summed E-state index contributed by atoms with van der Waals surface area (Å²) < 4.78 is 19.1. The van der Waals surface area contributed by atoms with E-state index < -0.39 is 5.82 Å². The van der Waals surface area contributed by atoms with Crippen molar-refractivity contribution >= 4 is 46.1 Å². The number of benzene rings is 3. The molecular weight excluding hydrogens is 441 g/mol. The predicted octanol–water partition coefficient (Wildman–Crippen LogP) is 5.35. The lowest BCUT2D eigenvalue weighted by atomic mass is 10.1. The van der Waals surface area contributed by atoms with Crippen molar-refractivity contribution in [3.8, 4) is 11.8 Å². The van der Waals surface area contributed by atoms with Gasteiger partial charge in [0.2, 0.25) is 0 Å². The molecule has 0 atom stereocenters. The number of hydrogen-bond donors (Lipinski definition) is 1. The Balaban J connectivity index is 1.51. The second-order valence-electron chi connectivity index (χ2n) is 7.23. The fourth-order valence-corrected chi connectivity index (χ4v) is 4.69. The Morgan fingerprint density at radius 1 is 1.15 bits per heavy atom. The normalized spacial score (nSPS) is 12.4. The predicted molar refractivity (Wildman–Crippen MR) is 124 cm³/mol. The molecule has 0 saturated carbocycles. The summed E-state index contributed by atoms with van der Waals surface area (Å²) in [5, 5.41) is 2.87. The summed E-state index contributed by atoms with van der Waals surface area (Å²) in [5.74, 6) is 4.75. The van der Waals surface area contributed by atoms with Crippen molar-refractivity contribution in [3.63, 3.8) is 0 Å². The van der Waals surface area contributed by atoms with E-state index in [0.717, 1.165) is 0 Å². The number of nitrogens with one attached hydrogen (secondary N) is 1. The zero-order chi connectivity index (χ0) is 22.9. The van der Waals surface area contributed by atoms with Crippen LogP contribution < -0.4 is 10.2 Å². The van der Waals surface area contributed by atoms with Crippen molar-refractivity contribution in [2.75, 3.05) is 16.8 Å². The maximum absolute atomic E-state index is 13.9. The highest BCUT2D eigenvalue weighted by molar-refractivity contribution is 7.99. The highest BCUT2D eigenvalue weighted by Gasteiger charge is 2.27. The van der Waals surface area contributed by atoms with Gasteiger partial charge in [-0.3, -0.25) is 14.5 Å². The highest BCUT2D eigenvalue weighted by Crippen LogP contribution is 2.42. The molecule has 1 aromatic heterocycles. The monoisotopic (exact) mass is 457 g/mol. The van der Waals surface area contributed by atoms with Gasteiger partial charge < -0.3 is 9.73 Å². The highest BCUT2D eigenvalue weighted by atomic mass is 32.2. The molecule has 6 nitrogen and oxygen atoms in total. The van der Waals surface area contributed by atoms with Crippen molar-refractivity contribution in [2.24, 2.45) is 0 Å². The first-order valence-electron chi connectivity index (χ1n) is 10.0. The van der Waals surface area contributed by atoms with E-state index in [9.17, 15) is 14.0 Å². The maximum Gasteiger partial charge on any atom is 0.260 e. The van der Waals surface area contributed by atoms with Crippen LogP contribution in [0.1, 0.15) is 27.6 Å². The van der Waals surface area contributed by atoms with Gasteiger partial charge >= 0.3 is 0 Å². The van der Waals surface area contributed by atoms with Crippen LogP contribution in [0.4, 0.5) is 15.8 Å². The number of fused-ring (bicyclic) bond motifs is 3. The minimum atomic E-state index is -0.426. The van der Waals surface area contributed by atoms with Crippen LogP contribution in [0.25, 0.3) is 11.1 Å². The van der Waals surface area contributed by atoms with Crippen molar-refractivity contribution in [3.05, 3.63) is 77.9 Å². The maximum atomic E-state index is 13.9. The third-order valence-corrected chi connectivity index (χ3v) is 6.26. The van der Waals surface area contributed by atoms with Crippen molar-refractivity contribution < 1.29 is 18.4 Å². The van der Waals surface area contributed by atoms with Crippen LogP contribution in [0.2, 0.25) is 0 Å². The molecule has 1 aliphatic rings. The van der Waals surface area contributed by atoms with E-state index in [-0.39, 0.29) is 18.4 Å². The molecule has 8 heteroatoms. The zero-order valence-corrected chi connectivity index (χ0v) is 18.2. The lowest BCUT2D eigenvalue weighted by molar-refractivity contribution is 0.0985. The largest absolute Gasteiger partial charge is 0.443 e. The first-order valence-corrected chi connectivity index (χ1v) is 10.8. The molecule has 0 aliphatic carbocycles. The van der Waals surface area contributed by atoms with Crippen LogP contribution in [0, 0.1) is 17.7 Å². The van der Waals surface area contributed by atoms with Crippen molar-refractivity contribution in [2.45, 2.75) is 16.7 Å². The van der Waals surface area contributed by atoms with Crippen LogP contribution >= 0.6 is 11.8 Å². The van der Waals surface area contributed by atoms with Gasteiger partial charge in [0.25, 0.3) is 11.8 Å². The molecule has 1 aliphatic heterocycles. The summed E-state index contributed by atoms with van der Waals surface area (Å²) in [6, 6.07) is 14.3. The number of carbonyl (C=O) groups is 2. The van der Waals surface area contributed by atoms with Crippen molar-refractivity contribution in [1.29, 1.82) is 0 Å². The number of rotatable bonds is 3. The SMILES string of the molecule is CC#CCN1C(=O)c2ccc(F)cc2Sc2cc(NC(=O)c3ccc4ocnc4c3)ccc21. The molecule has 33 heavy (non-hydrogen) atoms. The number of nitrogens with zero attached hydrogens (tertiary/aromatic N) is 2. The standard InChI is InChI=1S/C25H16FN3O3S/c1-2-3-10-29-20-8-6-17(28-24(30)15-4-9-21-19(11-15)27-14-32-21)13-23(20)33-22-12-16(26)5-7-18(22)25(29)31/h4-9,11-14H,10H2,1H3,(H,28,30). The van der Waals surface area contributed by atoms with E-state index >= 15 is 0 Å². The zero-order valence-electron chi connectivity index (χ0n) is 17.4. The first kappa shape index (κ1) is 20.8. The van der Waals surface area contributed by atoms with Gasteiger partial charge in [0.05, 0.1) is 17.8 Å².